The molecule has 0 aliphatic rings. The number of aryl methyl sites for hydroxylation is 1. The van der Waals surface area contributed by atoms with Crippen LogP contribution >= 0.6 is 15.9 Å². The van der Waals surface area contributed by atoms with E-state index in [0.717, 1.165) is 21.1 Å². The predicted octanol–water partition coefficient (Wildman–Crippen LogP) is 4.18. The number of methoxy groups -OCH3 is 1. The molecule has 3 rings (SSSR count). The molecule has 0 radical (unpaired) electrons. The fraction of sp³-hybridized carbons (Fsp3) is 0.200. The topological polar surface area (TPSA) is 91.3 Å². The van der Waals surface area contributed by atoms with Gasteiger partial charge in [0.05, 0.1) is 28.4 Å². The van der Waals surface area contributed by atoms with E-state index in [1.54, 1.807) is 30.3 Å². The number of carbonyl (C=O) groups is 1. The molecule has 0 saturated carbocycles. The summed E-state index contributed by atoms with van der Waals surface area (Å²) in [6, 6.07) is 18.9. The van der Waals surface area contributed by atoms with Gasteiger partial charge in [-0.1, -0.05) is 29.8 Å². The summed E-state index contributed by atoms with van der Waals surface area (Å²) in [6.45, 7) is 1.45. The minimum atomic E-state index is -4.07. The zero-order valence-corrected chi connectivity index (χ0v) is 22.3. The highest BCUT2D eigenvalue weighted by Gasteiger charge is 2.28. The van der Waals surface area contributed by atoms with E-state index >= 15 is 0 Å². The van der Waals surface area contributed by atoms with Gasteiger partial charge in [0.25, 0.3) is 15.9 Å². The first-order valence-corrected chi connectivity index (χ1v) is 12.9. The third-order valence-electron chi connectivity index (χ3n) is 5.13. The van der Waals surface area contributed by atoms with E-state index in [4.69, 9.17) is 4.74 Å². The van der Waals surface area contributed by atoms with Gasteiger partial charge >= 0.3 is 0 Å². The summed E-state index contributed by atoms with van der Waals surface area (Å²) in [4.78, 5) is 14.7. The molecule has 0 spiro atoms. The number of benzene rings is 3. The van der Waals surface area contributed by atoms with Gasteiger partial charge in [0.2, 0.25) is 0 Å². The molecular weight excluding hydrogens is 532 g/mol. The number of amides is 1. The van der Waals surface area contributed by atoms with Crippen LogP contribution in [0.3, 0.4) is 0 Å². The Kier molecular flexibility index (Phi) is 8.52. The number of sulfonamides is 1. The van der Waals surface area contributed by atoms with Crippen molar-refractivity contribution in [1.29, 1.82) is 0 Å². The van der Waals surface area contributed by atoms with Gasteiger partial charge in [0, 0.05) is 19.8 Å². The molecule has 3 aromatic rings. The number of nitrogens with zero attached hydrogens (tertiary/aromatic N) is 3. The van der Waals surface area contributed by atoms with E-state index in [1.165, 1.54) is 25.5 Å². The number of anilines is 2. The third-order valence-corrected chi connectivity index (χ3v) is 7.52. The maximum atomic E-state index is 13.5. The van der Waals surface area contributed by atoms with Crippen LogP contribution in [0.4, 0.5) is 11.4 Å². The summed E-state index contributed by atoms with van der Waals surface area (Å²) in [7, 11) is 1.32. The zero-order chi connectivity index (χ0) is 25.6. The van der Waals surface area contributed by atoms with Crippen LogP contribution in [0.25, 0.3) is 0 Å². The second kappa shape index (κ2) is 11.4. The molecule has 0 aliphatic heterocycles. The van der Waals surface area contributed by atoms with Crippen LogP contribution in [-0.4, -0.2) is 48.3 Å². The lowest BCUT2D eigenvalue weighted by atomic mass is 10.2. The van der Waals surface area contributed by atoms with Gasteiger partial charge in [-0.25, -0.2) is 13.8 Å². The molecule has 3 aromatic carbocycles. The highest BCUT2D eigenvalue weighted by atomic mass is 79.9. The number of hydrazone groups is 1. The van der Waals surface area contributed by atoms with Crippen molar-refractivity contribution in [3.8, 4) is 5.75 Å². The summed E-state index contributed by atoms with van der Waals surface area (Å²) in [6.07, 6.45) is 1.50. The molecule has 35 heavy (non-hydrogen) atoms. The molecule has 184 valence electrons. The highest BCUT2D eigenvalue weighted by Crippen LogP contribution is 2.30. The van der Waals surface area contributed by atoms with Crippen LogP contribution in [0.5, 0.6) is 5.75 Å². The molecule has 0 aliphatic carbocycles. The molecule has 0 aromatic heterocycles. The molecule has 0 unspecified atom stereocenters. The van der Waals surface area contributed by atoms with E-state index in [-0.39, 0.29) is 4.90 Å². The molecule has 0 atom stereocenters. The summed E-state index contributed by atoms with van der Waals surface area (Å²) in [5.74, 6) is -0.0839. The van der Waals surface area contributed by atoms with Gasteiger partial charge in [-0.2, -0.15) is 5.10 Å². The molecule has 0 heterocycles. The monoisotopic (exact) mass is 558 g/mol. The van der Waals surface area contributed by atoms with Gasteiger partial charge in [0.1, 0.15) is 12.3 Å². The Morgan fingerprint density at radius 1 is 1.03 bits per heavy atom. The van der Waals surface area contributed by atoms with Crippen molar-refractivity contribution >= 4 is 49.4 Å². The van der Waals surface area contributed by atoms with Crippen LogP contribution in [0.2, 0.25) is 0 Å². The Balaban J connectivity index is 1.82. The zero-order valence-electron chi connectivity index (χ0n) is 19.9. The standard InChI is InChI=1S/C25H27BrN4O4S/c1-18-5-9-21(10-6-18)30(35(32,33)22-13-14-24(34-4)23(26)15-22)17-25(31)28-27-16-19-7-11-20(12-8-19)29(2)3/h5-16H,17H2,1-4H3,(H,28,31)/b27-16+. The minimum absolute atomic E-state index is 0.0167. The lowest BCUT2D eigenvalue weighted by molar-refractivity contribution is -0.119. The Morgan fingerprint density at radius 2 is 1.66 bits per heavy atom. The van der Waals surface area contributed by atoms with Crippen LogP contribution in [-0.2, 0) is 14.8 Å². The van der Waals surface area contributed by atoms with Gasteiger partial charge in [-0.05, 0) is 70.9 Å². The molecule has 8 nitrogen and oxygen atoms in total. The van der Waals surface area contributed by atoms with Crippen molar-refractivity contribution < 1.29 is 17.9 Å². The average molecular weight is 559 g/mol. The Labute approximate surface area is 214 Å². The predicted molar refractivity (Wildman–Crippen MR) is 143 cm³/mol. The number of ether oxygens (including phenoxy) is 1. The molecule has 0 bridgehead atoms. The number of hydrogen-bond acceptors (Lipinski definition) is 6. The van der Waals surface area contributed by atoms with Crippen LogP contribution < -0.4 is 19.4 Å². The SMILES string of the molecule is COc1ccc(S(=O)(=O)N(CC(=O)N/N=C/c2ccc(N(C)C)cc2)c2ccc(C)cc2)cc1Br. The Hall–Kier alpha value is -3.37. The highest BCUT2D eigenvalue weighted by molar-refractivity contribution is 9.10. The van der Waals surface area contributed by atoms with Crippen molar-refractivity contribution in [2.24, 2.45) is 5.10 Å². The molecular formula is C25H27BrN4O4S. The van der Waals surface area contributed by atoms with Gasteiger partial charge < -0.3 is 9.64 Å². The molecule has 0 fully saturated rings. The summed E-state index contributed by atoms with van der Waals surface area (Å²) < 4.78 is 33.8. The van der Waals surface area contributed by atoms with Crippen LogP contribution in [0, 0.1) is 6.92 Å². The first-order valence-electron chi connectivity index (χ1n) is 10.6. The fourth-order valence-electron chi connectivity index (χ4n) is 3.16. The summed E-state index contributed by atoms with van der Waals surface area (Å²) in [5, 5.41) is 3.98. The van der Waals surface area contributed by atoms with Gasteiger partial charge in [0.15, 0.2) is 0 Å². The molecule has 10 heteroatoms. The fourth-order valence-corrected chi connectivity index (χ4v) is 5.30. The number of nitrogens with one attached hydrogen (secondary N) is 1. The smallest absolute Gasteiger partial charge is 0.264 e. The quantitative estimate of drug-likeness (QED) is 0.314. The van der Waals surface area contributed by atoms with Crippen molar-refractivity contribution in [2.45, 2.75) is 11.8 Å². The second-order valence-electron chi connectivity index (χ2n) is 7.92. The van der Waals surface area contributed by atoms with E-state index in [1.807, 2.05) is 50.2 Å². The summed E-state index contributed by atoms with van der Waals surface area (Å²) >= 11 is 3.33. The minimum Gasteiger partial charge on any atom is -0.496 e. The maximum Gasteiger partial charge on any atom is 0.264 e. The van der Waals surface area contributed by atoms with E-state index < -0.39 is 22.5 Å². The second-order valence-corrected chi connectivity index (χ2v) is 10.6. The maximum absolute atomic E-state index is 13.5. The van der Waals surface area contributed by atoms with Gasteiger partial charge in [-0.3, -0.25) is 9.10 Å². The number of carbonyl (C=O) groups excluding carboxylic acids is 1. The summed E-state index contributed by atoms with van der Waals surface area (Å²) in [5.41, 5.74) is 5.58. The number of halogens is 1. The molecule has 1 amide bonds. The van der Waals surface area contributed by atoms with Crippen molar-refractivity contribution in [3.05, 3.63) is 82.3 Å². The Bertz CT molecular complexity index is 1310. The van der Waals surface area contributed by atoms with E-state index in [2.05, 4.69) is 26.5 Å². The number of hydrogen-bond donors (Lipinski definition) is 1. The van der Waals surface area contributed by atoms with Crippen LogP contribution in [0.15, 0.2) is 81.2 Å². The number of rotatable bonds is 9. The largest absolute Gasteiger partial charge is 0.496 e. The van der Waals surface area contributed by atoms with E-state index in [9.17, 15) is 13.2 Å². The Morgan fingerprint density at radius 3 is 2.23 bits per heavy atom. The van der Waals surface area contributed by atoms with Gasteiger partial charge in [-0.15, -0.1) is 0 Å². The molecule has 1 N–H and O–H groups in total. The average Bonchev–Trinajstić information content (AvgIpc) is 2.83. The molecule has 0 saturated heterocycles. The lowest BCUT2D eigenvalue weighted by Crippen LogP contribution is -2.39. The lowest BCUT2D eigenvalue weighted by Gasteiger charge is -2.24. The normalized spacial score (nSPS) is 11.3. The van der Waals surface area contributed by atoms with E-state index in [0.29, 0.717) is 15.9 Å². The van der Waals surface area contributed by atoms with Crippen molar-refractivity contribution in [2.75, 3.05) is 37.0 Å². The van der Waals surface area contributed by atoms with Crippen molar-refractivity contribution in [3.63, 3.8) is 0 Å². The first-order chi connectivity index (χ1) is 16.6. The van der Waals surface area contributed by atoms with Crippen LogP contribution in [0.1, 0.15) is 11.1 Å². The third kappa shape index (κ3) is 6.61. The van der Waals surface area contributed by atoms with Crippen molar-refractivity contribution in [1.82, 2.24) is 5.43 Å². The first kappa shape index (κ1) is 26.2.